The maximum atomic E-state index is 5.74. The highest BCUT2D eigenvalue weighted by Gasteiger charge is 2.21. The van der Waals surface area contributed by atoms with Gasteiger partial charge < -0.3 is 9.47 Å². The summed E-state index contributed by atoms with van der Waals surface area (Å²) in [7, 11) is 3.34. The molecule has 4 heteroatoms. The van der Waals surface area contributed by atoms with Crippen molar-refractivity contribution in [3.05, 3.63) is 23.8 Å². The SMILES string of the molecule is CCCC(C)CC(NN)c1c(OC)cccc1OC. The predicted octanol–water partition coefficient (Wildman–Crippen LogP) is 3.03. The van der Waals surface area contributed by atoms with E-state index in [1.807, 2.05) is 18.2 Å². The lowest BCUT2D eigenvalue weighted by molar-refractivity contribution is 0.345. The molecule has 19 heavy (non-hydrogen) atoms. The molecule has 0 spiro atoms. The van der Waals surface area contributed by atoms with Crippen LogP contribution < -0.4 is 20.7 Å². The van der Waals surface area contributed by atoms with Crippen LogP contribution in [0.25, 0.3) is 0 Å². The van der Waals surface area contributed by atoms with Gasteiger partial charge in [-0.25, -0.2) is 0 Å². The Morgan fingerprint density at radius 2 is 1.79 bits per heavy atom. The Balaban J connectivity index is 3.02. The molecule has 0 amide bonds. The van der Waals surface area contributed by atoms with Gasteiger partial charge in [0.1, 0.15) is 11.5 Å². The molecule has 1 aromatic carbocycles. The third kappa shape index (κ3) is 4.11. The number of hydrogen-bond acceptors (Lipinski definition) is 4. The van der Waals surface area contributed by atoms with Crippen LogP contribution in [0.15, 0.2) is 18.2 Å². The minimum atomic E-state index is 0.0349. The van der Waals surface area contributed by atoms with Crippen LogP contribution in [-0.2, 0) is 0 Å². The molecule has 2 atom stereocenters. The van der Waals surface area contributed by atoms with Crippen LogP contribution in [0, 0.1) is 5.92 Å². The van der Waals surface area contributed by atoms with Crippen molar-refractivity contribution < 1.29 is 9.47 Å². The third-order valence-corrected chi connectivity index (χ3v) is 3.44. The lowest BCUT2D eigenvalue weighted by Crippen LogP contribution is -2.30. The van der Waals surface area contributed by atoms with Gasteiger partial charge >= 0.3 is 0 Å². The topological polar surface area (TPSA) is 56.5 Å². The zero-order chi connectivity index (χ0) is 14.3. The first kappa shape index (κ1) is 15.8. The second-order valence-electron chi connectivity index (χ2n) is 4.93. The molecular weight excluding hydrogens is 240 g/mol. The summed E-state index contributed by atoms with van der Waals surface area (Å²) in [6.45, 7) is 4.45. The molecule has 108 valence electrons. The summed E-state index contributed by atoms with van der Waals surface area (Å²) in [5.74, 6) is 7.96. The molecule has 3 N–H and O–H groups in total. The Morgan fingerprint density at radius 1 is 1.21 bits per heavy atom. The fraction of sp³-hybridized carbons (Fsp3) is 0.600. The van der Waals surface area contributed by atoms with E-state index in [0.717, 1.165) is 23.5 Å². The Labute approximate surface area is 116 Å². The van der Waals surface area contributed by atoms with E-state index >= 15 is 0 Å². The number of nitrogens with one attached hydrogen (secondary N) is 1. The summed E-state index contributed by atoms with van der Waals surface area (Å²) in [5.41, 5.74) is 3.90. The molecule has 2 unspecified atom stereocenters. The van der Waals surface area contributed by atoms with Gasteiger partial charge in [-0.05, 0) is 24.5 Å². The molecule has 0 aromatic heterocycles. The summed E-state index contributed by atoms with van der Waals surface area (Å²) < 4.78 is 10.9. The second kappa shape index (κ2) is 8.02. The lowest BCUT2D eigenvalue weighted by atomic mass is 9.92. The number of rotatable bonds is 8. The maximum absolute atomic E-state index is 5.74. The molecule has 0 saturated heterocycles. The summed E-state index contributed by atoms with van der Waals surface area (Å²) in [6, 6.07) is 5.83. The molecule has 0 radical (unpaired) electrons. The van der Waals surface area contributed by atoms with Crippen molar-refractivity contribution in [1.29, 1.82) is 0 Å². The van der Waals surface area contributed by atoms with E-state index in [2.05, 4.69) is 19.3 Å². The first-order valence-corrected chi connectivity index (χ1v) is 6.84. The Hall–Kier alpha value is -1.26. The predicted molar refractivity (Wildman–Crippen MR) is 78.3 cm³/mol. The highest BCUT2D eigenvalue weighted by Crippen LogP contribution is 2.36. The van der Waals surface area contributed by atoms with Gasteiger partial charge in [-0.15, -0.1) is 0 Å². The molecule has 0 bridgehead atoms. The molecular formula is C15H26N2O2. The Bertz CT molecular complexity index is 360. The number of ether oxygens (including phenoxy) is 2. The zero-order valence-corrected chi connectivity index (χ0v) is 12.4. The molecule has 0 fully saturated rings. The van der Waals surface area contributed by atoms with Crippen molar-refractivity contribution in [2.45, 2.75) is 39.2 Å². The minimum absolute atomic E-state index is 0.0349. The summed E-state index contributed by atoms with van der Waals surface area (Å²) in [4.78, 5) is 0. The fourth-order valence-corrected chi connectivity index (χ4v) is 2.51. The number of hydrazine groups is 1. The smallest absolute Gasteiger partial charge is 0.127 e. The average Bonchev–Trinajstić information content (AvgIpc) is 2.44. The van der Waals surface area contributed by atoms with E-state index in [0.29, 0.717) is 5.92 Å². The van der Waals surface area contributed by atoms with Gasteiger partial charge in [-0.2, -0.15) is 0 Å². The number of hydrogen-bond donors (Lipinski definition) is 2. The van der Waals surface area contributed by atoms with Crippen LogP contribution in [0.5, 0.6) is 11.5 Å². The number of nitrogens with two attached hydrogens (primary N) is 1. The van der Waals surface area contributed by atoms with Crippen LogP contribution >= 0.6 is 0 Å². The lowest BCUT2D eigenvalue weighted by Gasteiger charge is -2.24. The molecule has 4 nitrogen and oxygen atoms in total. The second-order valence-corrected chi connectivity index (χ2v) is 4.93. The quantitative estimate of drug-likeness (QED) is 0.561. The van der Waals surface area contributed by atoms with Crippen LogP contribution in [-0.4, -0.2) is 14.2 Å². The van der Waals surface area contributed by atoms with Gasteiger partial charge in [0, 0.05) is 0 Å². The molecule has 0 heterocycles. The van der Waals surface area contributed by atoms with Gasteiger partial charge in [-0.3, -0.25) is 11.3 Å². The van der Waals surface area contributed by atoms with E-state index < -0.39 is 0 Å². The van der Waals surface area contributed by atoms with Crippen LogP contribution in [0.3, 0.4) is 0 Å². The highest BCUT2D eigenvalue weighted by atomic mass is 16.5. The van der Waals surface area contributed by atoms with Gasteiger partial charge in [0.05, 0.1) is 25.8 Å². The monoisotopic (exact) mass is 266 g/mol. The average molecular weight is 266 g/mol. The van der Waals surface area contributed by atoms with Crippen molar-refractivity contribution in [2.75, 3.05) is 14.2 Å². The zero-order valence-electron chi connectivity index (χ0n) is 12.4. The standard InChI is InChI=1S/C15H26N2O2/c1-5-7-11(2)10-12(17-16)15-13(18-3)8-6-9-14(15)19-4/h6,8-9,11-12,17H,5,7,10,16H2,1-4H3. The third-order valence-electron chi connectivity index (χ3n) is 3.44. The summed E-state index contributed by atoms with van der Waals surface area (Å²) >= 11 is 0. The van der Waals surface area contributed by atoms with Crippen molar-refractivity contribution in [3.63, 3.8) is 0 Å². The molecule has 0 aliphatic carbocycles. The van der Waals surface area contributed by atoms with Crippen molar-refractivity contribution in [2.24, 2.45) is 11.8 Å². The molecule has 1 rings (SSSR count). The molecule has 0 aliphatic rings. The number of methoxy groups -OCH3 is 2. The molecule has 0 aliphatic heterocycles. The highest BCUT2D eigenvalue weighted by molar-refractivity contribution is 5.47. The minimum Gasteiger partial charge on any atom is -0.496 e. The summed E-state index contributed by atoms with van der Waals surface area (Å²) in [6.07, 6.45) is 3.33. The first-order chi connectivity index (χ1) is 9.17. The molecule has 1 aromatic rings. The van der Waals surface area contributed by atoms with Gasteiger partial charge in [0.25, 0.3) is 0 Å². The van der Waals surface area contributed by atoms with Crippen LogP contribution in [0.2, 0.25) is 0 Å². The molecule has 0 saturated carbocycles. The van der Waals surface area contributed by atoms with E-state index in [-0.39, 0.29) is 6.04 Å². The van der Waals surface area contributed by atoms with E-state index in [1.165, 1.54) is 12.8 Å². The van der Waals surface area contributed by atoms with Crippen molar-refractivity contribution in [3.8, 4) is 11.5 Å². The van der Waals surface area contributed by atoms with Gasteiger partial charge in [-0.1, -0.05) is 32.8 Å². The van der Waals surface area contributed by atoms with Crippen molar-refractivity contribution in [1.82, 2.24) is 5.43 Å². The van der Waals surface area contributed by atoms with Crippen molar-refractivity contribution >= 4 is 0 Å². The normalized spacial score (nSPS) is 13.9. The maximum Gasteiger partial charge on any atom is 0.127 e. The largest absolute Gasteiger partial charge is 0.496 e. The number of benzene rings is 1. The van der Waals surface area contributed by atoms with E-state index in [4.69, 9.17) is 15.3 Å². The Kier molecular flexibility index (Phi) is 6.67. The van der Waals surface area contributed by atoms with E-state index in [9.17, 15) is 0 Å². The van der Waals surface area contributed by atoms with E-state index in [1.54, 1.807) is 14.2 Å². The summed E-state index contributed by atoms with van der Waals surface area (Å²) in [5, 5.41) is 0. The van der Waals surface area contributed by atoms with Gasteiger partial charge in [0.15, 0.2) is 0 Å². The van der Waals surface area contributed by atoms with Crippen LogP contribution in [0.1, 0.15) is 44.7 Å². The fourth-order valence-electron chi connectivity index (χ4n) is 2.51. The van der Waals surface area contributed by atoms with Gasteiger partial charge in [0.2, 0.25) is 0 Å². The Morgan fingerprint density at radius 3 is 2.21 bits per heavy atom. The first-order valence-electron chi connectivity index (χ1n) is 6.84. The van der Waals surface area contributed by atoms with Crippen LogP contribution in [0.4, 0.5) is 0 Å².